The minimum Gasteiger partial charge on any atom is -0.496 e. The molecule has 0 unspecified atom stereocenters. The van der Waals surface area contributed by atoms with Gasteiger partial charge in [-0.05, 0) is 23.3 Å². The van der Waals surface area contributed by atoms with E-state index in [1.807, 2.05) is 0 Å². The van der Waals surface area contributed by atoms with Crippen LogP contribution in [-0.4, -0.2) is 13.4 Å². The maximum Gasteiger partial charge on any atom is 0.263 e. The Morgan fingerprint density at radius 3 is 2.21 bits per heavy atom. The first-order valence-corrected chi connectivity index (χ1v) is 5.67. The lowest BCUT2D eigenvalue weighted by atomic mass is 10.0. The van der Waals surface area contributed by atoms with E-state index >= 15 is 0 Å². The van der Waals surface area contributed by atoms with Gasteiger partial charge in [0.2, 0.25) is 0 Å². The second-order valence-corrected chi connectivity index (χ2v) is 4.00. The summed E-state index contributed by atoms with van der Waals surface area (Å²) in [5.41, 5.74) is 1.96. The smallest absolute Gasteiger partial charge is 0.263 e. The lowest BCUT2D eigenvalue weighted by molar-refractivity contribution is 0.112. The first kappa shape index (κ1) is 13.2. The highest BCUT2D eigenvalue weighted by Gasteiger charge is 2.08. The standard InChI is InChI=1S/C15H12F2O2/c1-19-14-7-6-12(8-13(14)9-18)10-2-4-11(5-3-10)15(16)17/h2-9,15H,1H3. The third kappa shape index (κ3) is 2.78. The molecule has 0 N–H and O–H groups in total. The minimum absolute atomic E-state index is 0.0205. The van der Waals surface area contributed by atoms with E-state index in [1.165, 1.54) is 19.2 Å². The normalized spacial score (nSPS) is 10.5. The number of halogens is 2. The predicted octanol–water partition coefficient (Wildman–Crippen LogP) is 4.11. The van der Waals surface area contributed by atoms with Crippen LogP contribution in [0.2, 0.25) is 0 Å². The monoisotopic (exact) mass is 262 g/mol. The van der Waals surface area contributed by atoms with Gasteiger partial charge in [-0.25, -0.2) is 8.78 Å². The summed E-state index contributed by atoms with van der Waals surface area (Å²) >= 11 is 0. The highest BCUT2D eigenvalue weighted by molar-refractivity contribution is 5.83. The lowest BCUT2D eigenvalue weighted by Gasteiger charge is -2.07. The van der Waals surface area contributed by atoms with E-state index in [2.05, 4.69) is 0 Å². The van der Waals surface area contributed by atoms with Crippen molar-refractivity contribution in [2.24, 2.45) is 0 Å². The number of aldehydes is 1. The highest BCUT2D eigenvalue weighted by Crippen LogP contribution is 2.27. The Bertz CT molecular complexity index is 577. The molecule has 2 aromatic rings. The van der Waals surface area contributed by atoms with Crippen LogP contribution in [0.15, 0.2) is 42.5 Å². The van der Waals surface area contributed by atoms with Crippen molar-refractivity contribution in [1.29, 1.82) is 0 Å². The first-order chi connectivity index (χ1) is 9.15. The number of hydrogen-bond acceptors (Lipinski definition) is 2. The molecule has 0 spiro atoms. The topological polar surface area (TPSA) is 26.3 Å². The molecule has 2 nitrogen and oxygen atoms in total. The molecule has 0 aliphatic carbocycles. The molecular weight excluding hydrogens is 250 g/mol. The fourth-order valence-electron chi connectivity index (χ4n) is 1.83. The molecule has 0 saturated heterocycles. The number of methoxy groups -OCH3 is 1. The summed E-state index contributed by atoms with van der Waals surface area (Å²) in [6.07, 6.45) is -1.77. The molecule has 0 atom stereocenters. The zero-order valence-corrected chi connectivity index (χ0v) is 10.3. The van der Waals surface area contributed by atoms with Crippen molar-refractivity contribution in [3.8, 4) is 16.9 Å². The Balaban J connectivity index is 2.38. The van der Waals surface area contributed by atoms with Crippen molar-refractivity contribution in [3.63, 3.8) is 0 Å². The quantitative estimate of drug-likeness (QED) is 0.775. The maximum atomic E-state index is 12.5. The molecule has 19 heavy (non-hydrogen) atoms. The van der Waals surface area contributed by atoms with Crippen molar-refractivity contribution in [3.05, 3.63) is 53.6 Å². The molecule has 0 heterocycles. The Kier molecular flexibility index (Phi) is 3.90. The molecule has 0 aliphatic heterocycles. The third-order valence-electron chi connectivity index (χ3n) is 2.85. The summed E-state index contributed by atoms with van der Waals surface area (Å²) in [6, 6.07) is 11.1. The summed E-state index contributed by atoms with van der Waals surface area (Å²) in [4.78, 5) is 10.9. The van der Waals surface area contributed by atoms with E-state index in [0.29, 0.717) is 17.6 Å². The molecule has 2 aromatic carbocycles. The van der Waals surface area contributed by atoms with Crippen LogP contribution in [0.5, 0.6) is 5.75 Å². The molecule has 2 rings (SSSR count). The number of ether oxygens (including phenoxy) is 1. The average molecular weight is 262 g/mol. The van der Waals surface area contributed by atoms with Gasteiger partial charge in [0, 0.05) is 5.56 Å². The van der Waals surface area contributed by atoms with Gasteiger partial charge in [-0.3, -0.25) is 4.79 Å². The maximum absolute atomic E-state index is 12.5. The zero-order chi connectivity index (χ0) is 13.8. The largest absolute Gasteiger partial charge is 0.496 e. The van der Waals surface area contributed by atoms with Crippen LogP contribution >= 0.6 is 0 Å². The fourth-order valence-corrected chi connectivity index (χ4v) is 1.83. The van der Waals surface area contributed by atoms with Crippen LogP contribution < -0.4 is 4.74 Å². The van der Waals surface area contributed by atoms with Gasteiger partial charge in [-0.15, -0.1) is 0 Å². The predicted molar refractivity (Wildman–Crippen MR) is 68.8 cm³/mol. The highest BCUT2D eigenvalue weighted by atomic mass is 19.3. The van der Waals surface area contributed by atoms with Crippen molar-refractivity contribution in [1.82, 2.24) is 0 Å². The number of carbonyl (C=O) groups excluding carboxylic acids is 1. The Hall–Kier alpha value is -2.23. The van der Waals surface area contributed by atoms with Crippen LogP contribution in [0.4, 0.5) is 8.78 Å². The van der Waals surface area contributed by atoms with Gasteiger partial charge in [-0.2, -0.15) is 0 Å². The van der Waals surface area contributed by atoms with Crippen LogP contribution in [-0.2, 0) is 0 Å². The van der Waals surface area contributed by atoms with Gasteiger partial charge in [0.05, 0.1) is 12.7 Å². The molecular formula is C15H12F2O2. The van der Waals surface area contributed by atoms with Crippen LogP contribution in [0, 0.1) is 0 Å². The second kappa shape index (κ2) is 5.61. The zero-order valence-electron chi connectivity index (χ0n) is 10.3. The number of benzene rings is 2. The van der Waals surface area contributed by atoms with E-state index in [-0.39, 0.29) is 5.56 Å². The summed E-state index contributed by atoms with van der Waals surface area (Å²) in [7, 11) is 1.49. The molecule has 0 aromatic heterocycles. The van der Waals surface area contributed by atoms with E-state index in [4.69, 9.17) is 4.74 Å². The molecule has 4 heteroatoms. The van der Waals surface area contributed by atoms with Gasteiger partial charge in [0.25, 0.3) is 6.43 Å². The van der Waals surface area contributed by atoms with Crippen LogP contribution in [0.1, 0.15) is 22.3 Å². The minimum atomic E-state index is -2.48. The third-order valence-corrected chi connectivity index (χ3v) is 2.85. The van der Waals surface area contributed by atoms with Gasteiger partial charge in [0.1, 0.15) is 5.75 Å². The van der Waals surface area contributed by atoms with Crippen LogP contribution in [0.3, 0.4) is 0 Å². The number of hydrogen-bond donors (Lipinski definition) is 0. The SMILES string of the molecule is COc1ccc(-c2ccc(C(F)F)cc2)cc1C=O. The van der Waals surface area contributed by atoms with Gasteiger partial charge in [0.15, 0.2) is 6.29 Å². The van der Waals surface area contributed by atoms with Crippen molar-refractivity contribution < 1.29 is 18.3 Å². The van der Waals surface area contributed by atoms with E-state index in [1.54, 1.807) is 30.3 Å². The van der Waals surface area contributed by atoms with Crippen molar-refractivity contribution >= 4 is 6.29 Å². The van der Waals surface area contributed by atoms with E-state index < -0.39 is 6.43 Å². The summed E-state index contributed by atoms with van der Waals surface area (Å²) in [6.45, 7) is 0. The summed E-state index contributed by atoms with van der Waals surface area (Å²) in [5.74, 6) is 0.489. The lowest BCUT2D eigenvalue weighted by Crippen LogP contribution is -1.91. The Labute approximate surface area is 109 Å². The second-order valence-electron chi connectivity index (χ2n) is 4.00. The van der Waals surface area contributed by atoms with Crippen molar-refractivity contribution in [2.75, 3.05) is 7.11 Å². The fraction of sp³-hybridized carbons (Fsp3) is 0.133. The molecule has 0 radical (unpaired) electrons. The Morgan fingerprint density at radius 2 is 1.68 bits per heavy atom. The average Bonchev–Trinajstić information content (AvgIpc) is 2.46. The number of carbonyl (C=O) groups is 1. The van der Waals surface area contributed by atoms with Crippen LogP contribution in [0.25, 0.3) is 11.1 Å². The van der Waals surface area contributed by atoms with Crippen molar-refractivity contribution in [2.45, 2.75) is 6.43 Å². The van der Waals surface area contributed by atoms with E-state index in [0.717, 1.165) is 11.1 Å². The Morgan fingerprint density at radius 1 is 1.05 bits per heavy atom. The molecule has 0 aliphatic rings. The summed E-state index contributed by atoms with van der Waals surface area (Å²) < 4.78 is 30.0. The molecule has 0 amide bonds. The summed E-state index contributed by atoms with van der Waals surface area (Å²) in [5, 5.41) is 0. The first-order valence-electron chi connectivity index (χ1n) is 5.67. The van der Waals surface area contributed by atoms with Gasteiger partial charge >= 0.3 is 0 Å². The molecule has 0 bridgehead atoms. The molecule has 0 fully saturated rings. The molecule has 0 saturated carbocycles. The van der Waals surface area contributed by atoms with E-state index in [9.17, 15) is 13.6 Å². The number of alkyl halides is 2. The number of rotatable bonds is 4. The van der Waals surface area contributed by atoms with Gasteiger partial charge < -0.3 is 4.74 Å². The van der Waals surface area contributed by atoms with Gasteiger partial charge in [-0.1, -0.05) is 30.3 Å². The molecule has 98 valence electrons.